The van der Waals surface area contributed by atoms with Crippen LogP contribution in [0, 0.1) is 10.1 Å². The molecule has 9 heteroatoms. The molecule has 0 bridgehead atoms. The Labute approximate surface area is 124 Å². The first-order chi connectivity index (χ1) is 10.1. The van der Waals surface area contributed by atoms with Gasteiger partial charge >= 0.3 is 5.97 Å². The predicted octanol–water partition coefficient (Wildman–Crippen LogP) is 1.47. The molecule has 0 aliphatic carbocycles. The van der Waals surface area contributed by atoms with E-state index in [9.17, 15) is 14.9 Å². The van der Waals surface area contributed by atoms with Gasteiger partial charge in [0.2, 0.25) is 0 Å². The molecule has 1 heterocycles. The molecular weight excluding hydrogens is 296 g/mol. The quantitative estimate of drug-likeness (QED) is 0.628. The third-order valence-electron chi connectivity index (χ3n) is 2.62. The molecule has 2 N–H and O–H groups in total. The van der Waals surface area contributed by atoms with Crippen LogP contribution in [0.2, 0.25) is 0 Å². The third-order valence-corrected chi connectivity index (χ3v) is 3.54. The summed E-state index contributed by atoms with van der Waals surface area (Å²) in [5.74, 6) is -0.327. The van der Waals surface area contributed by atoms with Crippen molar-refractivity contribution in [3.8, 4) is 0 Å². The van der Waals surface area contributed by atoms with Crippen molar-refractivity contribution in [1.29, 1.82) is 0 Å². The summed E-state index contributed by atoms with van der Waals surface area (Å²) in [6.07, 6.45) is -0.0232. The molecule has 0 amide bonds. The Morgan fingerprint density at radius 3 is 2.71 bits per heavy atom. The summed E-state index contributed by atoms with van der Waals surface area (Å²) in [5, 5.41) is 23.8. The summed E-state index contributed by atoms with van der Waals surface area (Å²) in [5.41, 5.74) is 4.34. The van der Waals surface area contributed by atoms with E-state index < -0.39 is 10.9 Å². The lowest BCUT2D eigenvalue weighted by atomic mass is 10.1. The molecule has 0 fully saturated rings. The number of carboxylic acid groups (broad SMARTS) is 1. The molecule has 0 saturated heterocycles. The van der Waals surface area contributed by atoms with E-state index in [4.69, 9.17) is 5.11 Å². The number of nitrogens with one attached hydrogen (secondary N) is 1. The Morgan fingerprint density at radius 2 is 2.19 bits per heavy atom. The number of carboxylic acids is 1. The van der Waals surface area contributed by atoms with Gasteiger partial charge in [-0.1, -0.05) is 11.8 Å². The molecule has 0 aromatic heterocycles. The van der Waals surface area contributed by atoms with Crippen LogP contribution in [0.25, 0.3) is 0 Å². The normalized spacial score (nSPS) is 16.2. The van der Waals surface area contributed by atoms with Crippen molar-refractivity contribution in [1.82, 2.24) is 5.43 Å². The summed E-state index contributed by atoms with van der Waals surface area (Å²) in [4.78, 5) is 24.6. The monoisotopic (exact) mass is 308 g/mol. The lowest BCUT2D eigenvalue weighted by molar-refractivity contribution is -0.384. The van der Waals surface area contributed by atoms with Crippen LogP contribution in [0.5, 0.6) is 0 Å². The number of hydrazone groups is 1. The lowest BCUT2D eigenvalue weighted by Crippen LogP contribution is -2.25. The van der Waals surface area contributed by atoms with Crippen LogP contribution >= 0.6 is 11.8 Å². The van der Waals surface area contributed by atoms with E-state index >= 15 is 0 Å². The van der Waals surface area contributed by atoms with Crippen molar-refractivity contribution in [3.63, 3.8) is 0 Å². The number of non-ortho nitro benzene ring substituents is 1. The molecule has 0 spiro atoms. The first-order valence-corrected chi connectivity index (χ1v) is 7.01. The smallest absolute Gasteiger partial charge is 0.305 e. The Hall–Kier alpha value is -2.42. The molecule has 21 heavy (non-hydrogen) atoms. The van der Waals surface area contributed by atoms with Gasteiger partial charge in [0.15, 0.2) is 5.17 Å². The fourth-order valence-corrected chi connectivity index (χ4v) is 2.37. The van der Waals surface area contributed by atoms with E-state index in [1.807, 2.05) is 0 Å². The van der Waals surface area contributed by atoms with E-state index in [0.29, 0.717) is 10.9 Å². The molecule has 0 radical (unpaired) electrons. The number of nitrogens with zero attached hydrogens (tertiary/aromatic N) is 3. The average Bonchev–Trinajstić information content (AvgIpc) is 2.48. The van der Waals surface area contributed by atoms with Gasteiger partial charge in [0.05, 0.1) is 23.6 Å². The molecule has 1 aliphatic rings. The SMILES string of the molecule is O=C(O)CCN=C1NN=C(c2ccc([N+](=O)[O-])cc2)CS1. The zero-order chi connectivity index (χ0) is 15.2. The van der Waals surface area contributed by atoms with Crippen molar-refractivity contribution < 1.29 is 14.8 Å². The largest absolute Gasteiger partial charge is 0.481 e. The number of nitro groups is 1. The van der Waals surface area contributed by atoms with E-state index in [1.165, 1.54) is 23.9 Å². The number of aliphatic imine (C=N–C) groups is 1. The standard InChI is InChI=1S/C12H12N4O4S/c17-11(18)5-6-13-12-15-14-10(7-21-12)8-1-3-9(4-2-8)16(19)20/h1-4H,5-7H2,(H,13,15)(H,17,18). The highest BCUT2D eigenvalue weighted by atomic mass is 32.2. The molecule has 0 saturated carbocycles. The van der Waals surface area contributed by atoms with Gasteiger partial charge in [-0.25, -0.2) is 0 Å². The summed E-state index contributed by atoms with van der Waals surface area (Å²) in [6, 6.07) is 6.15. The van der Waals surface area contributed by atoms with Crippen LogP contribution in [0.3, 0.4) is 0 Å². The fraction of sp³-hybridized carbons (Fsp3) is 0.250. The number of rotatable bonds is 5. The van der Waals surface area contributed by atoms with Gasteiger partial charge in [-0.05, 0) is 17.7 Å². The van der Waals surface area contributed by atoms with Crippen LogP contribution in [0.4, 0.5) is 5.69 Å². The lowest BCUT2D eigenvalue weighted by Gasteiger charge is -2.14. The van der Waals surface area contributed by atoms with E-state index in [1.54, 1.807) is 12.1 Å². The van der Waals surface area contributed by atoms with E-state index in [2.05, 4.69) is 15.5 Å². The van der Waals surface area contributed by atoms with Crippen molar-refractivity contribution in [2.24, 2.45) is 10.1 Å². The van der Waals surface area contributed by atoms with Crippen molar-refractivity contribution >= 4 is 34.3 Å². The highest BCUT2D eigenvalue weighted by Gasteiger charge is 2.14. The maximum atomic E-state index is 10.6. The maximum Gasteiger partial charge on any atom is 0.305 e. The van der Waals surface area contributed by atoms with Gasteiger partial charge in [-0.3, -0.25) is 25.3 Å². The third kappa shape index (κ3) is 4.28. The van der Waals surface area contributed by atoms with Gasteiger partial charge in [-0.15, -0.1) is 0 Å². The maximum absolute atomic E-state index is 10.6. The minimum Gasteiger partial charge on any atom is -0.481 e. The number of thioether (sulfide) groups is 1. The van der Waals surface area contributed by atoms with Gasteiger partial charge in [-0.2, -0.15) is 5.10 Å². The number of benzene rings is 1. The van der Waals surface area contributed by atoms with Crippen LogP contribution in [0.15, 0.2) is 34.4 Å². The predicted molar refractivity (Wildman–Crippen MR) is 79.8 cm³/mol. The van der Waals surface area contributed by atoms with Gasteiger partial charge < -0.3 is 5.11 Å². The van der Waals surface area contributed by atoms with E-state index in [-0.39, 0.29) is 18.7 Å². The second kappa shape index (κ2) is 6.84. The fourth-order valence-electron chi connectivity index (χ4n) is 1.57. The minimum absolute atomic E-state index is 0.0232. The summed E-state index contributed by atoms with van der Waals surface area (Å²) in [6.45, 7) is 0.201. The number of nitro benzene ring substituents is 1. The Balaban J connectivity index is 1.99. The summed E-state index contributed by atoms with van der Waals surface area (Å²) >= 11 is 1.41. The second-order valence-corrected chi connectivity index (χ2v) is 5.06. The molecule has 0 atom stereocenters. The highest BCUT2D eigenvalue weighted by Crippen LogP contribution is 2.17. The van der Waals surface area contributed by atoms with Crippen LogP contribution < -0.4 is 5.43 Å². The number of hydrogen-bond acceptors (Lipinski definition) is 6. The molecule has 110 valence electrons. The number of carbonyl (C=O) groups is 1. The van der Waals surface area contributed by atoms with Crippen molar-refractivity contribution in [2.45, 2.75) is 6.42 Å². The Kier molecular flexibility index (Phi) is 4.88. The highest BCUT2D eigenvalue weighted by molar-refractivity contribution is 8.14. The molecule has 1 aromatic carbocycles. The number of hydrogen-bond donors (Lipinski definition) is 2. The summed E-state index contributed by atoms with van der Waals surface area (Å²) < 4.78 is 0. The average molecular weight is 308 g/mol. The van der Waals surface area contributed by atoms with Crippen LogP contribution in [-0.4, -0.2) is 39.2 Å². The minimum atomic E-state index is -0.893. The zero-order valence-electron chi connectivity index (χ0n) is 10.9. The molecule has 2 rings (SSSR count). The zero-order valence-corrected chi connectivity index (χ0v) is 11.7. The first-order valence-electron chi connectivity index (χ1n) is 6.02. The topological polar surface area (TPSA) is 117 Å². The molecule has 8 nitrogen and oxygen atoms in total. The number of amidine groups is 1. The second-order valence-electron chi connectivity index (χ2n) is 4.09. The Bertz CT molecular complexity index is 612. The molecule has 1 aliphatic heterocycles. The van der Waals surface area contributed by atoms with Gasteiger partial charge in [0, 0.05) is 17.9 Å². The van der Waals surface area contributed by atoms with Crippen molar-refractivity contribution in [3.05, 3.63) is 39.9 Å². The van der Waals surface area contributed by atoms with E-state index in [0.717, 1.165) is 11.3 Å². The Morgan fingerprint density at radius 1 is 1.48 bits per heavy atom. The van der Waals surface area contributed by atoms with Crippen LogP contribution in [-0.2, 0) is 4.79 Å². The molecule has 1 aromatic rings. The van der Waals surface area contributed by atoms with Gasteiger partial charge in [0.1, 0.15) is 0 Å². The van der Waals surface area contributed by atoms with Gasteiger partial charge in [0.25, 0.3) is 5.69 Å². The number of aliphatic carboxylic acids is 1. The van der Waals surface area contributed by atoms with Crippen LogP contribution in [0.1, 0.15) is 12.0 Å². The molecular formula is C12H12N4O4S. The first kappa shape index (κ1) is 15.0. The molecule has 0 unspecified atom stereocenters. The summed E-state index contributed by atoms with van der Waals surface area (Å²) in [7, 11) is 0. The van der Waals surface area contributed by atoms with Crippen molar-refractivity contribution in [2.75, 3.05) is 12.3 Å².